The Labute approximate surface area is 79.3 Å². The Hall–Kier alpha value is -0.610. The Morgan fingerprint density at radius 3 is 2.46 bits per heavy atom. The molecule has 0 saturated carbocycles. The van der Waals surface area contributed by atoms with Crippen molar-refractivity contribution in [3.8, 4) is 0 Å². The Morgan fingerprint density at radius 2 is 2.08 bits per heavy atom. The van der Waals surface area contributed by atoms with Gasteiger partial charge >= 0.3 is 5.97 Å². The minimum atomic E-state index is -0.442. The van der Waals surface area contributed by atoms with Gasteiger partial charge in [-0.2, -0.15) is 0 Å². The van der Waals surface area contributed by atoms with Crippen LogP contribution < -0.4 is 5.32 Å². The number of hydrogen-bond acceptors (Lipinski definition) is 4. The summed E-state index contributed by atoms with van der Waals surface area (Å²) in [5, 5.41) is 11.7. The molecule has 1 atom stereocenters. The highest BCUT2D eigenvalue weighted by molar-refractivity contribution is 5.72. The molecule has 0 fully saturated rings. The zero-order chi connectivity index (χ0) is 10.5. The van der Waals surface area contributed by atoms with Gasteiger partial charge in [0, 0.05) is 6.54 Å². The summed E-state index contributed by atoms with van der Waals surface area (Å²) in [6.07, 6.45) is -0.442. The molecular formula is C9H19NO3. The van der Waals surface area contributed by atoms with Crippen LogP contribution in [0.4, 0.5) is 0 Å². The molecule has 0 aromatic rings. The number of carbonyl (C=O) groups is 1. The number of rotatable bonds is 4. The van der Waals surface area contributed by atoms with Gasteiger partial charge in [-0.3, -0.25) is 4.79 Å². The molecule has 78 valence electrons. The van der Waals surface area contributed by atoms with Crippen LogP contribution in [0.2, 0.25) is 0 Å². The first-order valence-electron chi connectivity index (χ1n) is 4.42. The summed E-state index contributed by atoms with van der Waals surface area (Å²) in [6.45, 7) is 7.65. The summed E-state index contributed by atoms with van der Waals surface area (Å²) < 4.78 is 5.04. The van der Waals surface area contributed by atoms with Crippen molar-refractivity contribution in [2.75, 3.05) is 13.1 Å². The van der Waals surface area contributed by atoms with Gasteiger partial charge < -0.3 is 15.2 Å². The third kappa shape index (κ3) is 9.30. The second-order valence-corrected chi connectivity index (χ2v) is 4.07. The number of ether oxygens (including phenoxy) is 1. The number of aliphatic hydroxyl groups excluding tert-OH is 1. The van der Waals surface area contributed by atoms with Gasteiger partial charge in [0.25, 0.3) is 0 Å². The summed E-state index contributed by atoms with van der Waals surface area (Å²) in [5.41, 5.74) is -0.441. The quantitative estimate of drug-likeness (QED) is 0.624. The molecule has 0 bridgehead atoms. The Bertz CT molecular complexity index is 161. The summed E-state index contributed by atoms with van der Waals surface area (Å²) in [7, 11) is 0. The van der Waals surface area contributed by atoms with Gasteiger partial charge in [-0.25, -0.2) is 0 Å². The van der Waals surface area contributed by atoms with E-state index in [0.29, 0.717) is 6.54 Å². The Balaban J connectivity index is 3.53. The normalized spacial score (nSPS) is 13.9. The van der Waals surface area contributed by atoms with Crippen molar-refractivity contribution in [3.63, 3.8) is 0 Å². The van der Waals surface area contributed by atoms with Crippen molar-refractivity contribution >= 4 is 5.97 Å². The monoisotopic (exact) mass is 189 g/mol. The van der Waals surface area contributed by atoms with E-state index in [1.807, 2.05) is 20.8 Å². The Kier molecular flexibility index (Phi) is 4.95. The molecule has 0 unspecified atom stereocenters. The van der Waals surface area contributed by atoms with Crippen LogP contribution in [0.25, 0.3) is 0 Å². The summed E-state index contributed by atoms with van der Waals surface area (Å²) >= 11 is 0. The number of esters is 1. The molecular weight excluding hydrogens is 170 g/mol. The smallest absolute Gasteiger partial charge is 0.320 e. The van der Waals surface area contributed by atoms with Crippen LogP contribution in [-0.4, -0.2) is 35.9 Å². The summed E-state index contributed by atoms with van der Waals surface area (Å²) in [5.74, 6) is -0.298. The first-order chi connectivity index (χ1) is 5.81. The van der Waals surface area contributed by atoms with Crippen molar-refractivity contribution in [3.05, 3.63) is 0 Å². The second kappa shape index (κ2) is 5.19. The van der Waals surface area contributed by atoms with E-state index in [4.69, 9.17) is 9.84 Å². The maximum absolute atomic E-state index is 11.1. The predicted octanol–water partition coefficient (Wildman–Crippen LogP) is 0.298. The molecule has 13 heavy (non-hydrogen) atoms. The molecule has 0 aromatic heterocycles. The lowest BCUT2D eigenvalue weighted by molar-refractivity contribution is -0.153. The molecule has 0 aromatic carbocycles. The molecule has 0 aliphatic rings. The first kappa shape index (κ1) is 12.4. The van der Waals surface area contributed by atoms with E-state index in [2.05, 4.69) is 5.32 Å². The zero-order valence-corrected chi connectivity index (χ0v) is 8.76. The third-order valence-corrected chi connectivity index (χ3v) is 1.13. The number of hydrogen-bond donors (Lipinski definition) is 2. The van der Waals surface area contributed by atoms with Gasteiger partial charge in [-0.05, 0) is 27.7 Å². The van der Waals surface area contributed by atoms with Gasteiger partial charge in [0.15, 0.2) is 0 Å². The van der Waals surface area contributed by atoms with Crippen LogP contribution in [0.15, 0.2) is 0 Å². The van der Waals surface area contributed by atoms with E-state index < -0.39 is 11.7 Å². The van der Waals surface area contributed by atoms with Crippen molar-refractivity contribution in [2.24, 2.45) is 0 Å². The highest BCUT2D eigenvalue weighted by Gasteiger charge is 2.15. The molecule has 0 saturated heterocycles. The van der Waals surface area contributed by atoms with Crippen molar-refractivity contribution < 1.29 is 14.6 Å². The van der Waals surface area contributed by atoms with E-state index >= 15 is 0 Å². The largest absolute Gasteiger partial charge is 0.459 e. The SMILES string of the molecule is C[C@@H](O)CNCC(=O)OC(C)(C)C. The van der Waals surface area contributed by atoms with Crippen LogP contribution in [0.5, 0.6) is 0 Å². The molecule has 4 nitrogen and oxygen atoms in total. The average Bonchev–Trinajstić information content (AvgIpc) is 1.81. The Morgan fingerprint density at radius 1 is 1.54 bits per heavy atom. The van der Waals surface area contributed by atoms with Gasteiger partial charge in [0.05, 0.1) is 12.6 Å². The fourth-order valence-electron chi connectivity index (χ4n) is 0.761. The first-order valence-corrected chi connectivity index (χ1v) is 4.42. The van der Waals surface area contributed by atoms with Crippen LogP contribution >= 0.6 is 0 Å². The second-order valence-electron chi connectivity index (χ2n) is 4.07. The van der Waals surface area contributed by atoms with E-state index in [1.54, 1.807) is 6.92 Å². The van der Waals surface area contributed by atoms with E-state index in [1.165, 1.54) is 0 Å². The van der Waals surface area contributed by atoms with Crippen LogP contribution in [0.1, 0.15) is 27.7 Å². The molecule has 0 heterocycles. The summed E-state index contributed by atoms with van der Waals surface area (Å²) in [6, 6.07) is 0. The molecule has 0 aliphatic carbocycles. The highest BCUT2D eigenvalue weighted by atomic mass is 16.6. The topological polar surface area (TPSA) is 58.6 Å². The maximum Gasteiger partial charge on any atom is 0.320 e. The zero-order valence-electron chi connectivity index (χ0n) is 8.76. The fourth-order valence-corrected chi connectivity index (χ4v) is 0.761. The lowest BCUT2D eigenvalue weighted by Gasteiger charge is -2.19. The minimum absolute atomic E-state index is 0.141. The van der Waals surface area contributed by atoms with E-state index in [9.17, 15) is 4.79 Å². The van der Waals surface area contributed by atoms with Crippen molar-refractivity contribution in [2.45, 2.75) is 39.4 Å². The molecule has 2 N–H and O–H groups in total. The van der Waals surface area contributed by atoms with Crippen LogP contribution in [0.3, 0.4) is 0 Å². The lowest BCUT2D eigenvalue weighted by atomic mass is 10.2. The van der Waals surface area contributed by atoms with Crippen LogP contribution in [0, 0.1) is 0 Å². The third-order valence-electron chi connectivity index (χ3n) is 1.13. The molecule has 0 aliphatic heterocycles. The summed E-state index contributed by atoms with van der Waals surface area (Å²) in [4.78, 5) is 11.1. The minimum Gasteiger partial charge on any atom is -0.459 e. The maximum atomic E-state index is 11.1. The molecule has 0 radical (unpaired) electrons. The molecule has 0 rings (SSSR count). The molecule has 0 spiro atoms. The molecule has 4 heteroatoms. The van der Waals surface area contributed by atoms with Gasteiger partial charge in [-0.15, -0.1) is 0 Å². The predicted molar refractivity (Wildman–Crippen MR) is 50.4 cm³/mol. The highest BCUT2D eigenvalue weighted by Crippen LogP contribution is 2.05. The van der Waals surface area contributed by atoms with Gasteiger partial charge in [0.1, 0.15) is 5.60 Å². The fraction of sp³-hybridized carbons (Fsp3) is 0.889. The van der Waals surface area contributed by atoms with E-state index in [-0.39, 0.29) is 12.5 Å². The van der Waals surface area contributed by atoms with E-state index in [0.717, 1.165) is 0 Å². The standard InChI is InChI=1S/C9H19NO3/c1-7(11)5-10-6-8(12)13-9(2,3)4/h7,10-11H,5-6H2,1-4H3/t7-/m1/s1. The lowest BCUT2D eigenvalue weighted by Crippen LogP contribution is -2.34. The van der Waals surface area contributed by atoms with Crippen molar-refractivity contribution in [1.82, 2.24) is 5.32 Å². The van der Waals surface area contributed by atoms with Gasteiger partial charge in [0.2, 0.25) is 0 Å². The molecule has 0 amide bonds. The average molecular weight is 189 g/mol. The van der Waals surface area contributed by atoms with Crippen molar-refractivity contribution in [1.29, 1.82) is 0 Å². The number of carbonyl (C=O) groups excluding carboxylic acids is 1. The number of aliphatic hydroxyl groups is 1. The number of nitrogens with one attached hydrogen (secondary N) is 1. The van der Waals surface area contributed by atoms with Gasteiger partial charge in [-0.1, -0.05) is 0 Å². The van der Waals surface area contributed by atoms with Crippen LogP contribution in [-0.2, 0) is 9.53 Å².